The molecule has 0 aliphatic carbocycles. The van der Waals surface area contributed by atoms with Gasteiger partial charge in [0.2, 0.25) is 0 Å². The van der Waals surface area contributed by atoms with E-state index >= 15 is 0 Å². The third-order valence-electron chi connectivity index (χ3n) is 3.08. The molecule has 0 bridgehead atoms. The molecule has 2 nitrogen and oxygen atoms in total. The van der Waals surface area contributed by atoms with Crippen molar-refractivity contribution in [1.82, 2.24) is 4.90 Å². The Bertz CT molecular complexity index is 414. The van der Waals surface area contributed by atoms with E-state index in [0.717, 1.165) is 25.9 Å². The van der Waals surface area contributed by atoms with Crippen LogP contribution in [0, 0.1) is 5.82 Å². The predicted molar refractivity (Wildman–Crippen MR) is 68.5 cm³/mol. The zero-order valence-corrected chi connectivity index (χ0v) is 11.2. The SMILES string of the molecule is O=C(c1cccc(F)c1Br)N1CCCCCC1. The summed E-state index contributed by atoms with van der Waals surface area (Å²) in [5, 5.41) is 0. The summed E-state index contributed by atoms with van der Waals surface area (Å²) < 4.78 is 13.6. The molecule has 92 valence electrons. The zero-order valence-electron chi connectivity index (χ0n) is 9.59. The minimum Gasteiger partial charge on any atom is -0.339 e. The number of halogens is 2. The second kappa shape index (κ2) is 5.63. The molecule has 1 heterocycles. The topological polar surface area (TPSA) is 20.3 Å². The van der Waals surface area contributed by atoms with Crippen LogP contribution in [-0.2, 0) is 0 Å². The van der Waals surface area contributed by atoms with Crippen LogP contribution in [-0.4, -0.2) is 23.9 Å². The molecule has 1 amide bonds. The lowest BCUT2D eigenvalue weighted by Gasteiger charge is -2.20. The number of hydrogen-bond donors (Lipinski definition) is 0. The van der Waals surface area contributed by atoms with Gasteiger partial charge in [-0.25, -0.2) is 4.39 Å². The summed E-state index contributed by atoms with van der Waals surface area (Å²) in [5.74, 6) is -0.455. The van der Waals surface area contributed by atoms with E-state index < -0.39 is 0 Å². The Morgan fingerprint density at radius 1 is 1.18 bits per heavy atom. The van der Waals surface area contributed by atoms with E-state index in [1.54, 1.807) is 12.1 Å². The standard InChI is InChI=1S/C13H15BrFNO/c14-12-10(6-5-7-11(12)15)13(17)16-8-3-1-2-4-9-16/h5-7H,1-4,8-9H2. The summed E-state index contributed by atoms with van der Waals surface area (Å²) >= 11 is 3.14. The molecule has 0 aromatic heterocycles. The molecule has 1 aliphatic rings. The molecule has 1 aliphatic heterocycles. The molecular formula is C13H15BrFNO. The van der Waals surface area contributed by atoms with E-state index in [1.807, 2.05) is 4.90 Å². The highest BCUT2D eigenvalue weighted by Crippen LogP contribution is 2.23. The van der Waals surface area contributed by atoms with E-state index in [4.69, 9.17) is 0 Å². The quantitative estimate of drug-likeness (QED) is 0.776. The van der Waals surface area contributed by atoms with E-state index in [1.165, 1.54) is 18.9 Å². The molecule has 0 spiro atoms. The Morgan fingerprint density at radius 2 is 1.82 bits per heavy atom. The van der Waals surface area contributed by atoms with Crippen molar-refractivity contribution in [1.29, 1.82) is 0 Å². The maximum atomic E-state index is 13.4. The van der Waals surface area contributed by atoms with Crippen LogP contribution in [0.2, 0.25) is 0 Å². The first kappa shape index (κ1) is 12.6. The normalized spacial score (nSPS) is 16.7. The number of amides is 1. The first-order valence-electron chi connectivity index (χ1n) is 5.93. The lowest BCUT2D eigenvalue weighted by Crippen LogP contribution is -2.32. The van der Waals surface area contributed by atoms with E-state index in [2.05, 4.69) is 15.9 Å². The Labute approximate surface area is 109 Å². The van der Waals surface area contributed by atoms with Gasteiger partial charge in [-0.05, 0) is 40.9 Å². The number of carbonyl (C=O) groups is 1. The Morgan fingerprint density at radius 3 is 2.47 bits per heavy atom. The van der Waals surface area contributed by atoms with Gasteiger partial charge in [-0.15, -0.1) is 0 Å². The molecule has 0 N–H and O–H groups in total. The summed E-state index contributed by atoms with van der Waals surface area (Å²) in [6, 6.07) is 4.59. The Hall–Kier alpha value is -0.900. The van der Waals surface area contributed by atoms with Crippen molar-refractivity contribution < 1.29 is 9.18 Å². The van der Waals surface area contributed by atoms with Crippen LogP contribution in [0.15, 0.2) is 22.7 Å². The second-order valence-electron chi connectivity index (χ2n) is 4.31. The van der Waals surface area contributed by atoms with Crippen molar-refractivity contribution in [2.75, 3.05) is 13.1 Å². The largest absolute Gasteiger partial charge is 0.339 e. The lowest BCUT2D eigenvalue weighted by molar-refractivity contribution is 0.0760. The van der Waals surface area contributed by atoms with Crippen molar-refractivity contribution in [2.24, 2.45) is 0 Å². The van der Waals surface area contributed by atoms with Crippen molar-refractivity contribution in [3.05, 3.63) is 34.1 Å². The van der Waals surface area contributed by atoms with Gasteiger partial charge in [0.15, 0.2) is 0 Å². The fourth-order valence-electron chi connectivity index (χ4n) is 2.11. The second-order valence-corrected chi connectivity index (χ2v) is 5.10. The molecule has 1 aromatic rings. The summed E-state index contributed by atoms with van der Waals surface area (Å²) in [6.45, 7) is 1.56. The monoisotopic (exact) mass is 299 g/mol. The van der Waals surface area contributed by atoms with Gasteiger partial charge >= 0.3 is 0 Å². The first-order valence-corrected chi connectivity index (χ1v) is 6.73. The minimum atomic E-state index is -0.384. The molecule has 4 heteroatoms. The van der Waals surface area contributed by atoms with E-state index in [9.17, 15) is 9.18 Å². The third kappa shape index (κ3) is 2.86. The molecule has 1 aromatic carbocycles. The fraction of sp³-hybridized carbons (Fsp3) is 0.462. The molecule has 0 radical (unpaired) electrons. The number of benzene rings is 1. The first-order chi connectivity index (χ1) is 8.20. The van der Waals surface area contributed by atoms with Gasteiger partial charge in [-0.2, -0.15) is 0 Å². The maximum Gasteiger partial charge on any atom is 0.255 e. The highest BCUT2D eigenvalue weighted by Gasteiger charge is 2.20. The van der Waals surface area contributed by atoms with Crippen LogP contribution in [0.25, 0.3) is 0 Å². The maximum absolute atomic E-state index is 13.4. The van der Waals surface area contributed by atoms with Gasteiger partial charge in [-0.3, -0.25) is 4.79 Å². The van der Waals surface area contributed by atoms with Crippen LogP contribution < -0.4 is 0 Å². The summed E-state index contributed by atoms with van der Waals surface area (Å²) in [7, 11) is 0. The average molecular weight is 300 g/mol. The summed E-state index contributed by atoms with van der Waals surface area (Å²) in [6.07, 6.45) is 4.43. The number of nitrogens with zero attached hydrogens (tertiary/aromatic N) is 1. The van der Waals surface area contributed by atoms with Crippen LogP contribution in [0.4, 0.5) is 4.39 Å². The van der Waals surface area contributed by atoms with Gasteiger partial charge < -0.3 is 4.90 Å². The Kier molecular flexibility index (Phi) is 4.15. The highest BCUT2D eigenvalue weighted by atomic mass is 79.9. The van der Waals surface area contributed by atoms with Crippen molar-refractivity contribution in [2.45, 2.75) is 25.7 Å². The average Bonchev–Trinajstić information content (AvgIpc) is 2.60. The van der Waals surface area contributed by atoms with Gasteiger partial charge in [0, 0.05) is 13.1 Å². The highest BCUT2D eigenvalue weighted by molar-refractivity contribution is 9.10. The van der Waals surface area contributed by atoms with Gasteiger partial charge in [0.05, 0.1) is 10.0 Å². The molecule has 0 atom stereocenters. The molecule has 1 saturated heterocycles. The van der Waals surface area contributed by atoms with Crippen molar-refractivity contribution in [3.63, 3.8) is 0 Å². The van der Waals surface area contributed by atoms with Crippen LogP contribution in [0.3, 0.4) is 0 Å². The van der Waals surface area contributed by atoms with Gasteiger partial charge in [-0.1, -0.05) is 18.9 Å². The van der Waals surface area contributed by atoms with E-state index in [0.29, 0.717) is 5.56 Å². The molecule has 2 rings (SSSR count). The smallest absolute Gasteiger partial charge is 0.255 e. The van der Waals surface area contributed by atoms with E-state index in [-0.39, 0.29) is 16.2 Å². The van der Waals surface area contributed by atoms with Crippen LogP contribution in [0.1, 0.15) is 36.0 Å². The Balaban J connectivity index is 2.20. The minimum absolute atomic E-state index is 0.0710. The number of carbonyl (C=O) groups excluding carboxylic acids is 1. The van der Waals surface area contributed by atoms with Gasteiger partial charge in [0.1, 0.15) is 5.82 Å². The summed E-state index contributed by atoms with van der Waals surface area (Å²) in [5.41, 5.74) is 0.423. The number of likely N-dealkylation sites (tertiary alicyclic amines) is 1. The van der Waals surface area contributed by atoms with Crippen LogP contribution >= 0.6 is 15.9 Å². The molecule has 0 unspecified atom stereocenters. The number of rotatable bonds is 1. The molecule has 0 saturated carbocycles. The third-order valence-corrected chi connectivity index (χ3v) is 3.88. The van der Waals surface area contributed by atoms with Crippen LogP contribution in [0.5, 0.6) is 0 Å². The molecule has 1 fully saturated rings. The van der Waals surface area contributed by atoms with Crippen molar-refractivity contribution >= 4 is 21.8 Å². The lowest BCUT2D eigenvalue weighted by atomic mass is 10.2. The summed E-state index contributed by atoms with van der Waals surface area (Å²) in [4.78, 5) is 14.1. The molecule has 17 heavy (non-hydrogen) atoms. The number of hydrogen-bond acceptors (Lipinski definition) is 1. The molecular weight excluding hydrogens is 285 g/mol. The van der Waals surface area contributed by atoms with Gasteiger partial charge in [0.25, 0.3) is 5.91 Å². The predicted octanol–water partition coefficient (Wildman–Crippen LogP) is 3.60. The van der Waals surface area contributed by atoms with Crippen molar-refractivity contribution in [3.8, 4) is 0 Å². The fourth-order valence-corrected chi connectivity index (χ4v) is 2.55. The zero-order chi connectivity index (χ0) is 12.3.